The van der Waals surface area contributed by atoms with Crippen molar-refractivity contribution in [1.82, 2.24) is 5.43 Å². The highest BCUT2D eigenvalue weighted by molar-refractivity contribution is 9.10. The number of rotatable bonds is 3. The molecule has 0 fully saturated rings. The van der Waals surface area contributed by atoms with Gasteiger partial charge in [0.15, 0.2) is 0 Å². The van der Waals surface area contributed by atoms with Crippen LogP contribution in [0.4, 0.5) is 8.78 Å². The zero-order valence-corrected chi connectivity index (χ0v) is 11.8. The first-order valence-corrected chi connectivity index (χ1v) is 6.50. The minimum absolute atomic E-state index is 0.293. The Morgan fingerprint density at radius 1 is 1.16 bits per heavy atom. The van der Waals surface area contributed by atoms with Gasteiger partial charge in [0.05, 0.1) is 10.5 Å². The molecule has 0 aliphatic rings. The van der Waals surface area contributed by atoms with Crippen molar-refractivity contribution in [2.24, 2.45) is 5.84 Å². The van der Waals surface area contributed by atoms with Gasteiger partial charge in [0.2, 0.25) is 0 Å². The van der Waals surface area contributed by atoms with E-state index < -0.39 is 17.7 Å². The van der Waals surface area contributed by atoms with Crippen molar-refractivity contribution in [1.29, 1.82) is 0 Å². The van der Waals surface area contributed by atoms with Crippen LogP contribution in [0.3, 0.4) is 0 Å². The third kappa shape index (κ3) is 2.83. The maximum Gasteiger partial charge on any atom is 0.142 e. The molecule has 19 heavy (non-hydrogen) atoms. The first kappa shape index (κ1) is 14.1. The maximum atomic E-state index is 14.1. The van der Waals surface area contributed by atoms with Gasteiger partial charge < -0.3 is 0 Å². The number of aryl methyl sites for hydroxylation is 1. The van der Waals surface area contributed by atoms with Crippen molar-refractivity contribution in [2.75, 3.05) is 0 Å². The highest BCUT2D eigenvalue weighted by atomic mass is 79.9. The smallest absolute Gasteiger partial charge is 0.142 e. The lowest BCUT2D eigenvalue weighted by molar-refractivity contribution is 0.528. The third-order valence-corrected chi connectivity index (χ3v) is 3.53. The zero-order chi connectivity index (χ0) is 14.0. The molecule has 1 atom stereocenters. The highest BCUT2D eigenvalue weighted by Gasteiger charge is 2.21. The van der Waals surface area contributed by atoms with Crippen LogP contribution in [0, 0.1) is 18.6 Å². The van der Waals surface area contributed by atoms with Crippen molar-refractivity contribution < 1.29 is 8.78 Å². The Bertz CT molecular complexity index is 600. The molecule has 0 saturated carbocycles. The van der Waals surface area contributed by atoms with Crippen molar-refractivity contribution >= 4 is 15.9 Å². The van der Waals surface area contributed by atoms with Gasteiger partial charge in [-0.15, -0.1) is 0 Å². The number of nitrogens with one attached hydrogen (secondary N) is 1. The van der Waals surface area contributed by atoms with E-state index in [-0.39, 0.29) is 0 Å². The molecule has 0 aliphatic heterocycles. The van der Waals surface area contributed by atoms with E-state index >= 15 is 0 Å². The Kier molecular flexibility index (Phi) is 4.29. The molecule has 2 aromatic rings. The van der Waals surface area contributed by atoms with E-state index in [1.807, 2.05) is 6.92 Å². The lowest BCUT2D eigenvalue weighted by atomic mass is 9.97. The van der Waals surface area contributed by atoms with Gasteiger partial charge in [0.25, 0.3) is 0 Å². The van der Waals surface area contributed by atoms with Crippen molar-refractivity contribution in [3.05, 3.63) is 69.2 Å². The molecule has 0 bridgehead atoms. The van der Waals surface area contributed by atoms with E-state index in [9.17, 15) is 8.78 Å². The molecule has 2 aromatic carbocycles. The van der Waals surface area contributed by atoms with Gasteiger partial charge in [-0.3, -0.25) is 5.84 Å². The van der Waals surface area contributed by atoms with E-state index in [1.165, 1.54) is 6.07 Å². The number of benzene rings is 2. The lowest BCUT2D eigenvalue weighted by Crippen LogP contribution is -2.30. The fraction of sp³-hybridized carbons (Fsp3) is 0.143. The average molecular weight is 327 g/mol. The quantitative estimate of drug-likeness (QED) is 0.668. The topological polar surface area (TPSA) is 38.0 Å². The number of halogens is 3. The van der Waals surface area contributed by atoms with Crippen molar-refractivity contribution in [2.45, 2.75) is 13.0 Å². The molecule has 5 heteroatoms. The first-order chi connectivity index (χ1) is 9.04. The molecular weight excluding hydrogens is 314 g/mol. The van der Waals surface area contributed by atoms with Crippen LogP contribution in [0.25, 0.3) is 0 Å². The molecule has 0 aromatic heterocycles. The Balaban J connectivity index is 2.56. The largest absolute Gasteiger partial charge is 0.271 e. The summed E-state index contributed by atoms with van der Waals surface area (Å²) in [5, 5.41) is 0. The highest BCUT2D eigenvalue weighted by Crippen LogP contribution is 2.29. The van der Waals surface area contributed by atoms with Crippen LogP contribution in [0.1, 0.15) is 22.7 Å². The molecular formula is C14H13BrF2N2. The van der Waals surface area contributed by atoms with Crippen LogP contribution in [0.15, 0.2) is 40.9 Å². The normalized spacial score (nSPS) is 12.5. The zero-order valence-electron chi connectivity index (χ0n) is 10.3. The van der Waals surface area contributed by atoms with Crippen LogP contribution < -0.4 is 11.3 Å². The van der Waals surface area contributed by atoms with Gasteiger partial charge in [-0.25, -0.2) is 14.2 Å². The molecule has 0 aliphatic carbocycles. The second-order valence-corrected chi connectivity index (χ2v) is 5.12. The molecule has 3 N–H and O–H groups in total. The van der Waals surface area contributed by atoms with Crippen LogP contribution in [-0.2, 0) is 0 Å². The van der Waals surface area contributed by atoms with Crippen LogP contribution in [-0.4, -0.2) is 0 Å². The van der Waals surface area contributed by atoms with Gasteiger partial charge in [-0.2, -0.15) is 0 Å². The van der Waals surface area contributed by atoms with E-state index in [1.54, 1.807) is 30.3 Å². The van der Waals surface area contributed by atoms with Gasteiger partial charge >= 0.3 is 0 Å². The van der Waals surface area contributed by atoms with E-state index in [2.05, 4.69) is 21.4 Å². The molecule has 0 saturated heterocycles. The molecule has 2 nitrogen and oxygen atoms in total. The third-order valence-electron chi connectivity index (χ3n) is 2.92. The molecule has 0 heterocycles. The van der Waals surface area contributed by atoms with E-state index in [0.29, 0.717) is 15.6 Å². The summed E-state index contributed by atoms with van der Waals surface area (Å²) < 4.78 is 28.3. The molecule has 2 rings (SSSR count). The van der Waals surface area contributed by atoms with Gasteiger partial charge in [-0.05, 0) is 35.0 Å². The van der Waals surface area contributed by atoms with Gasteiger partial charge in [-0.1, -0.05) is 29.8 Å². The maximum absolute atomic E-state index is 14.1. The summed E-state index contributed by atoms with van der Waals surface area (Å²) in [4.78, 5) is 0. The fourth-order valence-corrected chi connectivity index (χ4v) is 2.36. The van der Waals surface area contributed by atoms with Gasteiger partial charge in [0, 0.05) is 11.1 Å². The lowest BCUT2D eigenvalue weighted by Gasteiger charge is -2.19. The standard InChI is InChI=1S/C14H13BrF2N2/c1-8-5-6-12(16)10(7-8)14(19-18)9-3-2-4-11(15)13(9)17/h2-7,14,19H,18H2,1H3. The minimum atomic E-state index is -0.739. The molecule has 1 unspecified atom stereocenters. The summed E-state index contributed by atoms with van der Waals surface area (Å²) >= 11 is 3.11. The summed E-state index contributed by atoms with van der Waals surface area (Å²) in [7, 11) is 0. The molecule has 0 spiro atoms. The first-order valence-electron chi connectivity index (χ1n) is 5.70. The number of hydrogen-bond donors (Lipinski definition) is 2. The fourth-order valence-electron chi connectivity index (χ4n) is 1.97. The Labute approximate surface area is 118 Å². The van der Waals surface area contributed by atoms with Crippen LogP contribution in [0.2, 0.25) is 0 Å². The van der Waals surface area contributed by atoms with Crippen molar-refractivity contribution in [3.8, 4) is 0 Å². The van der Waals surface area contributed by atoms with Crippen LogP contribution >= 0.6 is 15.9 Å². The van der Waals surface area contributed by atoms with E-state index in [4.69, 9.17) is 5.84 Å². The molecule has 100 valence electrons. The number of hydrogen-bond acceptors (Lipinski definition) is 2. The van der Waals surface area contributed by atoms with Gasteiger partial charge in [0.1, 0.15) is 11.6 Å². The predicted octanol–water partition coefficient (Wildman–Crippen LogP) is 3.59. The van der Waals surface area contributed by atoms with Crippen molar-refractivity contribution in [3.63, 3.8) is 0 Å². The number of hydrazine groups is 1. The SMILES string of the molecule is Cc1ccc(F)c(C(NN)c2cccc(Br)c2F)c1. The van der Waals surface area contributed by atoms with Crippen LogP contribution in [0.5, 0.6) is 0 Å². The Hall–Kier alpha value is -1.30. The monoisotopic (exact) mass is 326 g/mol. The average Bonchev–Trinajstić information content (AvgIpc) is 2.39. The summed E-state index contributed by atoms with van der Waals surface area (Å²) in [6, 6.07) is 8.76. The second kappa shape index (κ2) is 5.77. The van der Waals surface area contributed by atoms with E-state index in [0.717, 1.165) is 5.56 Å². The summed E-state index contributed by atoms with van der Waals surface area (Å²) in [5.41, 5.74) is 3.96. The Morgan fingerprint density at radius 3 is 2.58 bits per heavy atom. The summed E-state index contributed by atoms with van der Waals surface area (Å²) in [6.45, 7) is 1.84. The molecule has 0 radical (unpaired) electrons. The predicted molar refractivity (Wildman–Crippen MR) is 74.4 cm³/mol. The molecule has 0 amide bonds. The second-order valence-electron chi connectivity index (χ2n) is 4.27. The summed E-state index contributed by atoms with van der Waals surface area (Å²) in [6.07, 6.45) is 0. The minimum Gasteiger partial charge on any atom is -0.271 e. The Morgan fingerprint density at radius 2 is 1.89 bits per heavy atom. The number of nitrogens with two attached hydrogens (primary N) is 1. The summed E-state index contributed by atoms with van der Waals surface area (Å²) in [5.74, 6) is 4.60.